The summed E-state index contributed by atoms with van der Waals surface area (Å²) in [6, 6.07) is 0.889. The summed E-state index contributed by atoms with van der Waals surface area (Å²) in [5.74, 6) is 3.73. The zero-order valence-electron chi connectivity index (χ0n) is 16.6. The number of aliphatic hydroxyl groups is 1. The summed E-state index contributed by atoms with van der Waals surface area (Å²) in [6.07, 6.45) is 15.1. The molecule has 0 aromatic carbocycles. The van der Waals surface area contributed by atoms with Gasteiger partial charge >= 0.3 is 0 Å². The molecule has 1 heterocycles. The highest BCUT2D eigenvalue weighted by molar-refractivity contribution is 5.11. The molecule has 0 bridgehead atoms. The van der Waals surface area contributed by atoms with Gasteiger partial charge in [0, 0.05) is 6.04 Å². The number of aliphatic hydroxyl groups excluding tert-OH is 1. The molecule has 142 valence electrons. The van der Waals surface area contributed by atoms with Gasteiger partial charge in [-0.2, -0.15) is 0 Å². The summed E-state index contributed by atoms with van der Waals surface area (Å²) < 4.78 is 0. The molecule has 5 aliphatic rings. The molecule has 1 aliphatic heterocycles. The molecule has 0 amide bonds. The molecule has 1 saturated heterocycles. The number of likely N-dealkylation sites (tertiary alicyclic amines) is 1. The molecule has 0 aromatic heterocycles. The van der Waals surface area contributed by atoms with Gasteiger partial charge in [-0.25, -0.2) is 0 Å². The van der Waals surface area contributed by atoms with Crippen LogP contribution in [0.3, 0.4) is 0 Å². The molecule has 0 aromatic rings. The van der Waals surface area contributed by atoms with Crippen LogP contribution in [0.25, 0.3) is 0 Å². The zero-order chi connectivity index (χ0) is 17.2. The Morgan fingerprint density at radius 2 is 1.52 bits per heavy atom. The van der Waals surface area contributed by atoms with Crippen LogP contribution < -0.4 is 0 Å². The molecule has 2 nitrogen and oxygen atoms in total. The van der Waals surface area contributed by atoms with Crippen LogP contribution in [0.15, 0.2) is 0 Å². The molecule has 0 spiro atoms. The first-order chi connectivity index (χ1) is 12.0. The van der Waals surface area contributed by atoms with E-state index in [-0.39, 0.29) is 6.10 Å². The van der Waals surface area contributed by atoms with Crippen LogP contribution in [0, 0.1) is 34.5 Å². The molecule has 8 atom stereocenters. The van der Waals surface area contributed by atoms with E-state index in [1.165, 1.54) is 70.9 Å². The predicted octanol–water partition coefficient (Wildman–Crippen LogP) is 4.85. The van der Waals surface area contributed by atoms with Gasteiger partial charge in [0.2, 0.25) is 0 Å². The first kappa shape index (κ1) is 17.0. The van der Waals surface area contributed by atoms with Crippen LogP contribution in [0.4, 0.5) is 0 Å². The van der Waals surface area contributed by atoms with E-state index in [4.69, 9.17) is 0 Å². The van der Waals surface area contributed by atoms with Gasteiger partial charge in [-0.05, 0) is 118 Å². The van der Waals surface area contributed by atoms with Gasteiger partial charge < -0.3 is 5.11 Å². The molecule has 4 aliphatic carbocycles. The fourth-order valence-electron chi connectivity index (χ4n) is 8.86. The highest BCUT2D eigenvalue weighted by Crippen LogP contribution is 2.66. The second kappa shape index (κ2) is 5.96. The Balaban J connectivity index is 1.40. The Kier molecular flexibility index (Phi) is 4.06. The summed E-state index contributed by atoms with van der Waals surface area (Å²) in [5, 5.41) is 10.2. The second-order valence-electron chi connectivity index (χ2n) is 11.0. The van der Waals surface area contributed by atoms with Crippen molar-refractivity contribution >= 4 is 0 Å². The third kappa shape index (κ3) is 2.42. The van der Waals surface area contributed by atoms with Crippen molar-refractivity contribution in [3.63, 3.8) is 0 Å². The molecule has 5 rings (SSSR count). The maximum atomic E-state index is 10.2. The lowest BCUT2D eigenvalue weighted by Crippen LogP contribution is -2.56. The van der Waals surface area contributed by atoms with Crippen molar-refractivity contribution in [1.82, 2.24) is 4.90 Å². The van der Waals surface area contributed by atoms with Crippen LogP contribution in [-0.4, -0.2) is 35.2 Å². The minimum atomic E-state index is -0.00508. The number of hydrogen-bond acceptors (Lipinski definition) is 2. The standard InChI is InChI=1S/C23H39NO/c1-22-11-9-17(25)15-16(22)5-6-18-19-7-8-21(24-13-3-4-14-24)23(19,2)12-10-20(18)22/h16-21,25H,3-15H2,1-2H3/t16-,17-,18-,19-,20-,21-,22-,23-/m0/s1. The van der Waals surface area contributed by atoms with Crippen molar-refractivity contribution in [3.8, 4) is 0 Å². The lowest BCUT2D eigenvalue weighted by atomic mass is 9.45. The number of rotatable bonds is 1. The first-order valence-electron chi connectivity index (χ1n) is 11.4. The van der Waals surface area contributed by atoms with Crippen molar-refractivity contribution < 1.29 is 5.11 Å². The highest BCUT2D eigenvalue weighted by atomic mass is 16.3. The van der Waals surface area contributed by atoms with E-state index < -0.39 is 0 Å². The van der Waals surface area contributed by atoms with E-state index in [9.17, 15) is 5.11 Å². The fraction of sp³-hybridized carbons (Fsp3) is 1.00. The van der Waals surface area contributed by atoms with Crippen molar-refractivity contribution in [2.75, 3.05) is 13.1 Å². The topological polar surface area (TPSA) is 23.5 Å². The van der Waals surface area contributed by atoms with E-state index in [1.807, 2.05) is 0 Å². The van der Waals surface area contributed by atoms with Crippen molar-refractivity contribution in [3.05, 3.63) is 0 Å². The number of fused-ring (bicyclic) bond motifs is 5. The maximum Gasteiger partial charge on any atom is 0.0543 e. The average molecular weight is 346 g/mol. The molecule has 0 radical (unpaired) electrons. The summed E-state index contributed by atoms with van der Waals surface area (Å²) >= 11 is 0. The average Bonchev–Trinajstić information content (AvgIpc) is 3.22. The summed E-state index contributed by atoms with van der Waals surface area (Å²) in [6.45, 7) is 8.05. The van der Waals surface area contributed by atoms with Gasteiger partial charge in [-0.3, -0.25) is 4.90 Å². The Bertz CT molecular complexity index is 514. The van der Waals surface area contributed by atoms with E-state index in [1.54, 1.807) is 0 Å². The third-order valence-electron chi connectivity index (χ3n) is 10.2. The monoisotopic (exact) mass is 345 g/mol. The Hall–Kier alpha value is -0.0800. The molecule has 4 saturated carbocycles. The van der Waals surface area contributed by atoms with E-state index >= 15 is 0 Å². The summed E-state index contributed by atoms with van der Waals surface area (Å²) in [4.78, 5) is 2.88. The predicted molar refractivity (Wildman–Crippen MR) is 102 cm³/mol. The molecular formula is C23H39NO. The molecule has 5 fully saturated rings. The van der Waals surface area contributed by atoms with Gasteiger partial charge in [0.05, 0.1) is 6.10 Å². The van der Waals surface area contributed by atoms with Gasteiger partial charge in [0.15, 0.2) is 0 Å². The van der Waals surface area contributed by atoms with Crippen LogP contribution >= 0.6 is 0 Å². The lowest BCUT2D eigenvalue weighted by molar-refractivity contribution is -0.128. The molecule has 25 heavy (non-hydrogen) atoms. The van der Waals surface area contributed by atoms with E-state index in [2.05, 4.69) is 18.7 Å². The van der Waals surface area contributed by atoms with Crippen LogP contribution in [0.1, 0.15) is 84.5 Å². The van der Waals surface area contributed by atoms with Crippen LogP contribution in [0.2, 0.25) is 0 Å². The summed E-state index contributed by atoms with van der Waals surface area (Å²) in [5.41, 5.74) is 1.14. The van der Waals surface area contributed by atoms with Crippen molar-refractivity contribution in [2.24, 2.45) is 34.5 Å². The Morgan fingerprint density at radius 1 is 0.800 bits per heavy atom. The van der Waals surface area contributed by atoms with Gasteiger partial charge in [0.25, 0.3) is 0 Å². The van der Waals surface area contributed by atoms with Gasteiger partial charge in [-0.15, -0.1) is 0 Å². The maximum absolute atomic E-state index is 10.2. The minimum Gasteiger partial charge on any atom is -0.393 e. The second-order valence-corrected chi connectivity index (χ2v) is 11.0. The van der Waals surface area contributed by atoms with Gasteiger partial charge in [0.1, 0.15) is 0 Å². The molecule has 1 N–H and O–H groups in total. The third-order valence-corrected chi connectivity index (χ3v) is 10.2. The van der Waals surface area contributed by atoms with E-state index in [0.717, 1.165) is 42.6 Å². The number of nitrogens with zero attached hydrogens (tertiary/aromatic N) is 1. The van der Waals surface area contributed by atoms with Gasteiger partial charge in [-0.1, -0.05) is 13.8 Å². The SMILES string of the molecule is C[C@]12CC[C@H](O)C[C@@H]1CC[C@@H]1[C@@H]2CC[C@]2(C)[C@@H](N3CCCC3)CC[C@@H]12. The van der Waals surface area contributed by atoms with Crippen molar-refractivity contribution in [2.45, 2.75) is 96.6 Å². The zero-order valence-corrected chi connectivity index (χ0v) is 16.6. The number of hydrogen-bond donors (Lipinski definition) is 1. The fourth-order valence-corrected chi connectivity index (χ4v) is 8.86. The highest BCUT2D eigenvalue weighted by Gasteiger charge is 2.60. The normalized spacial score (nSPS) is 56.3. The lowest BCUT2D eigenvalue weighted by Gasteiger charge is -2.61. The first-order valence-corrected chi connectivity index (χ1v) is 11.4. The summed E-state index contributed by atoms with van der Waals surface area (Å²) in [7, 11) is 0. The molecular weight excluding hydrogens is 306 g/mol. The van der Waals surface area contributed by atoms with Crippen LogP contribution in [0.5, 0.6) is 0 Å². The smallest absolute Gasteiger partial charge is 0.0543 e. The largest absolute Gasteiger partial charge is 0.393 e. The molecule has 0 unspecified atom stereocenters. The van der Waals surface area contributed by atoms with Crippen molar-refractivity contribution in [1.29, 1.82) is 0 Å². The minimum absolute atomic E-state index is 0.00508. The quantitative estimate of drug-likeness (QED) is 0.734. The Labute approximate surface area is 154 Å². The Morgan fingerprint density at radius 3 is 2.32 bits per heavy atom. The van der Waals surface area contributed by atoms with E-state index in [0.29, 0.717) is 10.8 Å². The van der Waals surface area contributed by atoms with Crippen LogP contribution in [-0.2, 0) is 0 Å². The molecule has 2 heteroatoms.